The fraction of sp³-hybridized carbons (Fsp3) is 0. The first-order valence-electron chi connectivity index (χ1n) is 6.16. The van der Waals surface area contributed by atoms with Crippen LogP contribution >= 0.6 is 0 Å². The second kappa shape index (κ2) is 6.05. The molecule has 1 amide bonds. The number of hydrogen-bond donors (Lipinski definition) is 3. The van der Waals surface area contributed by atoms with Crippen LogP contribution in [-0.4, -0.2) is 25.4 Å². The molecule has 0 radical (unpaired) electrons. The van der Waals surface area contributed by atoms with Crippen molar-refractivity contribution in [3.63, 3.8) is 0 Å². The Hall–Kier alpha value is -2.94. The normalized spacial score (nSPS) is 11.0. The molecule has 0 aliphatic heterocycles. The molecule has 0 atom stereocenters. The lowest BCUT2D eigenvalue weighted by Crippen LogP contribution is -2.16. The standard InChI is InChI=1S/C14H11FN2O5S/c15-11-6-3-9(14(19)20)7-12(11)23(21,22)17-10-4-1-8(2-5-10)13(16)18/h1-7,17H,(H2,16,18)(H,19,20). The topological polar surface area (TPSA) is 127 Å². The monoisotopic (exact) mass is 338 g/mol. The van der Waals surface area contributed by atoms with Crippen LogP contribution in [0, 0.1) is 5.82 Å². The van der Waals surface area contributed by atoms with Crippen LogP contribution in [0.1, 0.15) is 20.7 Å². The largest absolute Gasteiger partial charge is 0.478 e. The number of nitrogens with two attached hydrogens (primary N) is 1. The Kier molecular flexibility index (Phi) is 4.32. The lowest BCUT2D eigenvalue weighted by atomic mass is 10.2. The summed E-state index contributed by atoms with van der Waals surface area (Å²) in [6.07, 6.45) is 0. The molecule has 0 aliphatic carbocycles. The van der Waals surface area contributed by atoms with E-state index in [0.717, 1.165) is 18.2 Å². The highest BCUT2D eigenvalue weighted by molar-refractivity contribution is 7.92. The van der Waals surface area contributed by atoms with Crippen molar-refractivity contribution in [3.8, 4) is 0 Å². The van der Waals surface area contributed by atoms with Crippen molar-refractivity contribution in [1.82, 2.24) is 0 Å². The molecular formula is C14H11FN2O5S. The van der Waals surface area contributed by atoms with E-state index in [1.807, 2.05) is 0 Å². The van der Waals surface area contributed by atoms with Gasteiger partial charge in [0.25, 0.3) is 10.0 Å². The van der Waals surface area contributed by atoms with Crippen LogP contribution in [0.15, 0.2) is 47.4 Å². The molecule has 0 spiro atoms. The van der Waals surface area contributed by atoms with Crippen molar-refractivity contribution >= 4 is 27.6 Å². The molecule has 2 aromatic rings. The molecule has 0 saturated heterocycles. The number of nitrogens with one attached hydrogen (secondary N) is 1. The molecule has 7 nitrogen and oxygen atoms in total. The molecular weight excluding hydrogens is 327 g/mol. The second-order valence-corrected chi connectivity index (χ2v) is 6.15. The predicted octanol–water partition coefficient (Wildman–Crippen LogP) is 1.42. The van der Waals surface area contributed by atoms with Gasteiger partial charge in [-0.05, 0) is 42.5 Å². The van der Waals surface area contributed by atoms with E-state index in [1.54, 1.807) is 0 Å². The minimum atomic E-state index is -4.34. The van der Waals surface area contributed by atoms with Crippen LogP contribution in [0.4, 0.5) is 10.1 Å². The number of halogens is 1. The number of anilines is 1. The number of benzene rings is 2. The highest BCUT2D eigenvalue weighted by Crippen LogP contribution is 2.20. The first-order valence-corrected chi connectivity index (χ1v) is 7.64. The molecule has 0 saturated carbocycles. The Balaban J connectivity index is 2.37. The van der Waals surface area contributed by atoms with E-state index >= 15 is 0 Å². The van der Waals surface area contributed by atoms with Crippen LogP contribution < -0.4 is 10.5 Å². The summed E-state index contributed by atoms with van der Waals surface area (Å²) in [6.45, 7) is 0. The molecule has 0 fully saturated rings. The number of sulfonamides is 1. The zero-order valence-corrected chi connectivity index (χ0v) is 12.3. The van der Waals surface area contributed by atoms with Crippen molar-refractivity contribution in [2.75, 3.05) is 4.72 Å². The van der Waals surface area contributed by atoms with Gasteiger partial charge in [0.05, 0.1) is 5.56 Å². The number of rotatable bonds is 5. The summed E-state index contributed by atoms with van der Waals surface area (Å²) < 4.78 is 40.2. The van der Waals surface area contributed by atoms with Gasteiger partial charge in [-0.1, -0.05) is 0 Å². The number of aromatic carboxylic acids is 1. The van der Waals surface area contributed by atoms with Crippen molar-refractivity contribution in [2.45, 2.75) is 4.90 Å². The minimum absolute atomic E-state index is 0.0649. The summed E-state index contributed by atoms with van der Waals surface area (Å²) in [5, 5.41) is 8.86. The third-order valence-electron chi connectivity index (χ3n) is 2.89. The van der Waals surface area contributed by atoms with Crippen molar-refractivity contribution in [3.05, 3.63) is 59.4 Å². The number of primary amides is 1. The third-order valence-corrected chi connectivity index (χ3v) is 4.29. The molecule has 0 heterocycles. The number of amides is 1. The van der Waals surface area contributed by atoms with Crippen LogP contribution in [0.25, 0.3) is 0 Å². The smallest absolute Gasteiger partial charge is 0.335 e. The first kappa shape index (κ1) is 16.4. The molecule has 4 N–H and O–H groups in total. The molecule has 0 unspecified atom stereocenters. The van der Waals surface area contributed by atoms with Crippen LogP contribution in [0.2, 0.25) is 0 Å². The number of carboxylic acid groups (broad SMARTS) is 1. The molecule has 9 heteroatoms. The predicted molar refractivity (Wildman–Crippen MR) is 79.1 cm³/mol. The number of carbonyl (C=O) groups is 2. The maximum atomic E-state index is 13.7. The molecule has 0 aliphatic rings. The van der Waals surface area contributed by atoms with Gasteiger partial charge < -0.3 is 10.8 Å². The molecule has 0 aromatic heterocycles. The van der Waals surface area contributed by atoms with E-state index in [4.69, 9.17) is 10.8 Å². The zero-order valence-electron chi connectivity index (χ0n) is 11.5. The number of hydrogen-bond acceptors (Lipinski definition) is 4. The number of carbonyl (C=O) groups excluding carboxylic acids is 1. The van der Waals surface area contributed by atoms with Gasteiger partial charge in [-0.3, -0.25) is 9.52 Å². The minimum Gasteiger partial charge on any atom is -0.478 e. The first-order chi connectivity index (χ1) is 10.7. The van der Waals surface area contributed by atoms with Gasteiger partial charge in [-0.15, -0.1) is 0 Å². The average molecular weight is 338 g/mol. The third kappa shape index (κ3) is 3.64. The second-order valence-electron chi connectivity index (χ2n) is 4.50. The fourth-order valence-electron chi connectivity index (χ4n) is 1.75. The van der Waals surface area contributed by atoms with Gasteiger partial charge in [-0.25, -0.2) is 17.6 Å². The Morgan fingerprint density at radius 1 is 1.04 bits per heavy atom. The molecule has 2 rings (SSSR count). The van der Waals surface area contributed by atoms with Gasteiger partial charge in [0.1, 0.15) is 10.7 Å². The molecule has 120 valence electrons. The highest BCUT2D eigenvalue weighted by Gasteiger charge is 2.21. The van der Waals surface area contributed by atoms with E-state index in [-0.39, 0.29) is 16.8 Å². The Bertz CT molecular complexity index is 879. The van der Waals surface area contributed by atoms with E-state index in [0.29, 0.717) is 0 Å². The van der Waals surface area contributed by atoms with Gasteiger partial charge in [0, 0.05) is 11.3 Å². The van der Waals surface area contributed by atoms with E-state index in [1.165, 1.54) is 24.3 Å². The number of carboxylic acids is 1. The lowest BCUT2D eigenvalue weighted by Gasteiger charge is -2.10. The van der Waals surface area contributed by atoms with E-state index < -0.39 is 32.6 Å². The van der Waals surface area contributed by atoms with Gasteiger partial charge in [-0.2, -0.15) is 0 Å². The molecule has 2 aromatic carbocycles. The lowest BCUT2D eigenvalue weighted by molar-refractivity contribution is 0.0696. The quantitative estimate of drug-likeness (QED) is 0.760. The summed E-state index contributed by atoms with van der Waals surface area (Å²) in [4.78, 5) is 21.0. The molecule has 23 heavy (non-hydrogen) atoms. The van der Waals surface area contributed by atoms with Crippen LogP contribution in [-0.2, 0) is 10.0 Å². The van der Waals surface area contributed by atoms with Gasteiger partial charge in [0.2, 0.25) is 5.91 Å². The summed E-state index contributed by atoms with van der Waals surface area (Å²) in [7, 11) is -4.34. The maximum absolute atomic E-state index is 13.7. The van der Waals surface area contributed by atoms with Crippen molar-refractivity contribution in [2.24, 2.45) is 5.73 Å². The van der Waals surface area contributed by atoms with Crippen molar-refractivity contribution < 1.29 is 27.5 Å². The highest BCUT2D eigenvalue weighted by atomic mass is 32.2. The summed E-state index contributed by atoms with van der Waals surface area (Å²) >= 11 is 0. The van der Waals surface area contributed by atoms with Gasteiger partial charge in [0.15, 0.2) is 0 Å². The SMILES string of the molecule is NC(=O)c1ccc(NS(=O)(=O)c2cc(C(=O)O)ccc2F)cc1. The Labute approximate surface area is 130 Å². The van der Waals surface area contributed by atoms with E-state index in [2.05, 4.69) is 4.72 Å². The average Bonchev–Trinajstić information content (AvgIpc) is 2.47. The Morgan fingerprint density at radius 3 is 2.13 bits per heavy atom. The molecule has 0 bridgehead atoms. The van der Waals surface area contributed by atoms with E-state index in [9.17, 15) is 22.4 Å². The zero-order chi connectivity index (χ0) is 17.2. The summed E-state index contributed by atoms with van der Waals surface area (Å²) in [6, 6.07) is 7.58. The van der Waals surface area contributed by atoms with Crippen LogP contribution in [0.3, 0.4) is 0 Å². The maximum Gasteiger partial charge on any atom is 0.335 e. The Morgan fingerprint density at radius 2 is 1.61 bits per heavy atom. The summed E-state index contributed by atoms with van der Waals surface area (Å²) in [5.41, 5.74) is 4.94. The van der Waals surface area contributed by atoms with Crippen molar-refractivity contribution in [1.29, 1.82) is 0 Å². The van der Waals surface area contributed by atoms with Crippen LogP contribution in [0.5, 0.6) is 0 Å². The van der Waals surface area contributed by atoms with Gasteiger partial charge >= 0.3 is 5.97 Å². The summed E-state index contributed by atoms with van der Waals surface area (Å²) in [5.74, 6) is -3.15. The fourth-order valence-corrected chi connectivity index (χ4v) is 2.92.